The molecule has 0 aromatic carbocycles. The molecule has 1 saturated heterocycles. The molecule has 0 aliphatic carbocycles. The highest BCUT2D eigenvalue weighted by atomic mass is 79.9. The molecule has 0 bridgehead atoms. The van der Waals surface area contributed by atoms with Crippen molar-refractivity contribution >= 4 is 46.7 Å². The van der Waals surface area contributed by atoms with Gasteiger partial charge in [0, 0.05) is 29.8 Å². The number of carbonyl (C=O) groups excluding carboxylic acids is 1. The minimum Gasteiger partial charge on any atom is -0.336 e. The number of amides is 1. The third-order valence-electron chi connectivity index (χ3n) is 2.46. The smallest absolute Gasteiger partial charge is 0.272 e. The Bertz CT molecular complexity index is 374. The van der Waals surface area contributed by atoms with Crippen molar-refractivity contribution in [3.63, 3.8) is 0 Å². The van der Waals surface area contributed by atoms with Gasteiger partial charge in [-0.25, -0.2) is 4.98 Å². The Morgan fingerprint density at radius 3 is 2.65 bits per heavy atom. The number of rotatable bonds is 1. The minimum absolute atomic E-state index is 0. The Morgan fingerprint density at radius 1 is 1.47 bits per heavy atom. The van der Waals surface area contributed by atoms with Crippen molar-refractivity contribution < 1.29 is 4.79 Å². The lowest BCUT2D eigenvalue weighted by Crippen LogP contribution is -2.32. The summed E-state index contributed by atoms with van der Waals surface area (Å²) in [7, 11) is 0. The molecule has 17 heavy (non-hydrogen) atoms. The summed E-state index contributed by atoms with van der Waals surface area (Å²) < 4.78 is 0.872. The van der Waals surface area contributed by atoms with E-state index in [9.17, 15) is 4.79 Å². The molecule has 0 saturated carbocycles. The lowest BCUT2D eigenvalue weighted by Gasteiger charge is -2.14. The number of nitrogens with zero attached hydrogens (tertiary/aromatic N) is 2. The molecule has 0 unspecified atom stereocenters. The summed E-state index contributed by atoms with van der Waals surface area (Å²) in [6.07, 6.45) is 2.51. The first-order valence-corrected chi connectivity index (χ1v) is 5.62. The zero-order valence-electron chi connectivity index (χ0n) is 9.01. The lowest BCUT2D eigenvalue weighted by molar-refractivity contribution is 0.0785. The maximum atomic E-state index is 11.9. The molecule has 1 fully saturated rings. The first kappa shape index (κ1) is 16.6. The maximum Gasteiger partial charge on any atom is 0.272 e. The van der Waals surface area contributed by atoms with Crippen molar-refractivity contribution in [3.05, 3.63) is 28.5 Å². The van der Waals surface area contributed by atoms with Gasteiger partial charge in [-0.3, -0.25) is 4.79 Å². The van der Waals surface area contributed by atoms with Gasteiger partial charge in [-0.1, -0.05) is 0 Å². The van der Waals surface area contributed by atoms with Crippen molar-refractivity contribution in [1.82, 2.24) is 9.88 Å². The third-order valence-corrected chi connectivity index (χ3v) is 2.93. The first-order chi connectivity index (χ1) is 7.16. The average molecular weight is 343 g/mol. The molecule has 1 aliphatic rings. The van der Waals surface area contributed by atoms with E-state index in [1.165, 1.54) is 0 Å². The molecule has 0 spiro atoms. The Balaban J connectivity index is 0.00000128. The van der Waals surface area contributed by atoms with Crippen LogP contribution in [0.2, 0.25) is 0 Å². The molecular formula is C10H14BrCl2N3O. The summed E-state index contributed by atoms with van der Waals surface area (Å²) in [5.41, 5.74) is 6.22. The van der Waals surface area contributed by atoms with E-state index in [0.29, 0.717) is 12.2 Å². The Hall–Kier alpha value is -0.360. The number of nitrogens with two attached hydrogens (primary N) is 1. The predicted molar refractivity (Wildman–Crippen MR) is 74.9 cm³/mol. The van der Waals surface area contributed by atoms with Crippen LogP contribution in [0.1, 0.15) is 16.9 Å². The highest BCUT2D eigenvalue weighted by molar-refractivity contribution is 9.10. The largest absolute Gasteiger partial charge is 0.336 e. The van der Waals surface area contributed by atoms with Gasteiger partial charge in [0.05, 0.1) is 0 Å². The van der Waals surface area contributed by atoms with Crippen LogP contribution in [0.3, 0.4) is 0 Å². The maximum absolute atomic E-state index is 11.9. The molecule has 7 heteroatoms. The van der Waals surface area contributed by atoms with Crippen LogP contribution in [0.4, 0.5) is 0 Å². The van der Waals surface area contributed by atoms with Gasteiger partial charge in [0.25, 0.3) is 5.91 Å². The van der Waals surface area contributed by atoms with Gasteiger partial charge in [-0.05, 0) is 34.5 Å². The van der Waals surface area contributed by atoms with E-state index >= 15 is 0 Å². The molecule has 2 heterocycles. The molecular weight excluding hydrogens is 329 g/mol. The Morgan fingerprint density at radius 2 is 2.18 bits per heavy atom. The summed E-state index contributed by atoms with van der Waals surface area (Å²) in [4.78, 5) is 17.7. The second-order valence-electron chi connectivity index (χ2n) is 3.66. The van der Waals surface area contributed by atoms with Crippen LogP contribution in [0.25, 0.3) is 0 Å². The molecule has 2 rings (SSSR count). The highest BCUT2D eigenvalue weighted by Crippen LogP contribution is 2.13. The van der Waals surface area contributed by atoms with Crippen molar-refractivity contribution in [2.24, 2.45) is 5.73 Å². The second-order valence-corrected chi connectivity index (χ2v) is 4.58. The topological polar surface area (TPSA) is 59.2 Å². The number of carbonyl (C=O) groups is 1. The zero-order chi connectivity index (χ0) is 10.8. The van der Waals surface area contributed by atoms with Crippen molar-refractivity contribution in [2.75, 3.05) is 13.1 Å². The minimum atomic E-state index is -0.0320. The molecule has 1 amide bonds. The van der Waals surface area contributed by atoms with Crippen LogP contribution in [-0.2, 0) is 0 Å². The van der Waals surface area contributed by atoms with E-state index < -0.39 is 0 Å². The van der Waals surface area contributed by atoms with Crippen LogP contribution >= 0.6 is 40.7 Å². The Kier molecular flexibility index (Phi) is 7.01. The van der Waals surface area contributed by atoms with Crippen molar-refractivity contribution in [3.8, 4) is 0 Å². The van der Waals surface area contributed by atoms with Crippen LogP contribution in [0.15, 0.2) is 22.8 Å². The monoisotopic (exact) mass is 341 g/mol. The number of halogens is 3. The summed E-state index contributed by atoms with van der Waals surface area (Å²) >= 11 is 3.28. The average Bonchev–Trinajstić information content (AvgIpc) is 2.65. The molecule has 2 N–H and O–H groups in total. The predicted octanol–water partition coefficient (Wildman–Crippen LogP) is 1.86. The SMILES string of the molecule is Cl.Cl.N[C@@H]1CCN(C(=O)c2ccc(Br)cn2)C1. The second kappa shape index (κ2) is 7.16. The van der Waals surface area contributed by atoms with Crippen molar-refractivity contribution in [2.45, 2.75) is 12.5 Å². The molecule has 1 aromatic rings. The van der Waals surface area contributed by atoms with E-state index in [-0.39, 0.29) is 36.8 Å². The quantitative estimate of drug-likeness (QED) is 0.847. The number of likely N-dealkylation sites (tertiary alicyclic amines) is 1. The van der Waals surface area contributed by atoms with Gasteiger partial charge in [-0.2, -0.15) is 0 Å². The third kappa shape index (κ3) is 4.10. The molecule has 0 radical (unpaired) electrons. The van der Waals surface area contributed by atoms with E-state index in [0.717, 1.165) is 17.4 Å². The lowest BCUT2D eigenvalue weighted by atomic mass is 10.3. The van der Waals surface area contributed by atoms with Crippen molar-refractivity contribution in [1.29, 1.82) is 0 Å². The van der Waals surface area contributed by atoms with E-state index in [4.69, 9.17) is 5.73 Å². The molecule has 96 valence electrons. The number of aromatic nitrogens is 1. The van der Waals surface area contributed by atoms with E-state index in [1.54, 1.807) is 17.2 Å². The molecule has 1 aliphatic heterocycles. The van der Waals surface area contributed by atoms with Crippen LogP contribution in [0, 0.1) is 0 Å². The van der Waals surface area contributed by atoms with Gasteiger partial charge >= 0.3 is 0 Å². The fourth-order valence-corrected chi connectivity index (χ4v) is 1.87. The zero-order valence-corrected chi connectivity index (χ0v) is 12.2. The summed E-state index contributed by atoms with van der Waals surface area (Å²) in [6.45, 7) is 1.37. The van der Waals surface area contributed by atoms with Gasteiger partial charge in [-0.15, -0.1) is 24.8 Å². The van der Waals surface area contributed by atoms with Crippen LogP contribution < -0.4 is 5.73 Å². The molecule has 1 aromatic heterocycles. The number of hydrogen-bond donors (Lipinski definition) is 1. The van der Waals surface area contributed by atoms with Gasteiger partial charge < -0.3 is 10.6 Å². The van der Waals surface area contributed by atoms with Crippen LogP contribution in [-0.4, -0.2) is 34.9 Å². The standard InChI is InChI=1S/C10H12BrN3O.2ClH/c11-7-1-2-9(13-5-7)10(15)14-4-3-8(12)6-14;;/h1-2,5,8H,3-4,6,12H2;2*1H/t8-;;/m1../s1. The van der Waals surface area contributed by atoms with Gasteiger partial charge in [0.15, 0.2) is 0 Å². The van der Waals surface area contributed by atoms with Gasteiger partial charge in [0.2, 0.25) is 0 Å². The first-order valence-electron chi connectivity index (χ1n) is 4.83. The summed E-state index contributed by atoms with van der Waals surface area (Å²) in [6, 6.07) is 3.65. The fourth-order valence-electron chi connectivity index (χ4n) is 1.64. The van der Waals surface area contributed by atoms with E-state index in [1.807, 2.05) is 6.07 Å². The Labute approximate surface area is 121 Å². The molecule has 4 nitrogen and oxygen atoms in total. The van der Waals surface area contributed by atoms with Crippen LogP contribution in [0.5, 0.6) is 0 Å². The normalized spacial score (nSPS) is 18.2. The number of hydrogen-bond acceptors (Lipinski definition) is 3. The summed E-state index contributed by atoms with van der Waals surface area (Å²) in [5.74, 6) is -0.0320. The van der Waals surface area contributed by atoms with E-state index in [2.05, 4.69) is 20.9 Å². The number of pyridine rings is 1. The summed E-state index contributed by atoms with van der Waals surface area (Å²) in [5, 5.41) is 0. The van der Waals surface area contributed by atoms with Gasteiger partial charge in [0.1, 0.15) is 5.69 Å². The molecule has 1 atom stereocenters. The fraction of sp³-hybridized carbons (Fsp3) is 0.400. The highest BCUT2D eigenvalue weighted by Gasteiger charge is 2.24.